The van der Waals surface area contributed by atoms with Crippen molar-refractivity contribution in [3.05, 3.63) is 0 Å². The number of hydrogen-bond donors (Lipinski definition) is 2. The molecule has 0 aromatic carbocycles. The minimum atomic E-state index is -0.736. The van der Waals surface area contributed by atoms with Gasteiger partial charge in [-0.25, -0.2) is 4.79 Å². The zero-order chi connectivity index (χ0) is 19.3. The Morgan fingerprint density at radius 2 is 1.69 bits per heavy atom. The maximum atomic E-state index is 12.9. The van der Waals surface area contributed by atoms with Crippen LogP contribution in [0.25, 0.3) is 0 Å². The van der Waals surface area contributed by atoms with Gasteiger partial charge in [0.15, 0.2) is 0 Å². The smallest absolute Gasteiger partial charge is 0.408 e. The Morgan fingerprint density at radius 3 is 2.19 bits per heavy atom. The summed E-state index contributed by atoms with van der Waals surface area (Å²) in [6.45, 7) is 6.83. The van der Waals surface area contributed by atoms with Crippen LogP contribution < -0.4 is 5.32 Å². The zero-order valence-electron chi connectivity index (χ0n) is 16.1. The third-order valence-corrected chi connectivity index (χ3v) is 5.17. The highest BCUT2D eigenvalue weighted by atomic mass is 16.6. The summed E-state index contributed by atoms with van der Waals surface area (Å²) in [5.74, 6) is -0.816. The van der Waals surface area contributed by atoms with E-state index in [1.807, 2.05) is 4.90 Å². The molecular weight excluding hydrogens is 336 g/mol. The molecule has 2 fully saturated rings. The molecule has 2 rings (SSSR count). The van der Waals surface area contributed by atoms with E-state index >= 15 is 0 Å². The Labute approximate surface area is 155 Å². The van der Waals surface area contributed by atoms with Gasteiger partial charge in [-0.05, 0) is 71.6 Å². The molecule has 0 spiro atoms. The first-order valence-electron chi connectivity index (χ1n) is 9.67. The largest absolute Gasteiger partial charge is 0.481 e. The van der Waals surface area contributed by atoms with Crippen molar-refractivity contribution in [1.29, 1.82) is 0 Å². The van der Waals surface area contributed by atoms with E-state index in [2.05, 4.69) is 5.32 Å². The number of amides is 2. The first kappa shape index (κ1) is 20.5. The van der Waals surface area contributed by atoms with E-state index in [4.69, 9.17) is 9.84 Å². The number of rotatable bonds is 5. The molecule has 0 unspecified atom stereocenters. The van der Waals surface area contributed by atoms with Crippen molar-refractivity contribution in [3.8, 4) is 0 Å². The van der Waals surface area contributed by atoms with E-state index in [9.17, 15) is 14.4 Å². The van der Waals surface area contributed by atoms with Crippen LogP contribution in [0, 0.1) is 11.8 Å². The number of aliphatic carboxylic acids is 1. The Morgan fingerprint density at radius 1 is 1.12 bits per heavy atom. The predicted octanol–water partition coefficient (Wildman–Crippen LogP) is 2.78. The number of hydrogen-bond acceptors (Lipinski definition) is 4. The standard InChI is InChI=1S/C19H32N2O5/c1-19(2,3)26-18(25)20-15(16(22)21-10-4-5-11-21)12-13-6-8-14(9-7-13)17(23)24/h13-15H,4-12H2,1-3H3,(H,20,25)(H,23,24)/t13?,14?,15-/m0/s1. The van der Waals surface area contributed by atoms with Crippen LogP contribution in [0.15, 0.2) is 0 Å². The van der Waals surface area contributed by atoms with E-state index in [-0.39, 0.29) is 17.7 Å². The number of nitrogens with one attached hydrogen (secondary N) is 1. The van der Waals surface area contributed by atoms with Gasteiger partial charge in [-0.15, -0.1) is 0 Å². The first-order chi connectivity index (χ1) is 12.2. The molecule has 0 aromatic rings. The molecule has 1 aliphatic heterocycles. The van der Waals surface area contributed by atoms with Crippen LogP contribution >= 0.6 is 0 Å². The van der Waals surface area contributed by atoms with Gasteiger partial charge in [0, 0.05) is 13.1 Å². The van der Waals surface area contributed by atoms with Crippen molar-refractivity contribution < 1.29 is 24.2 Å². The summed E-state index contributed by atoms with van der Waals surface area (Å²) in [5.41, 5.74) is -0.620. The fourth-order valence-electron chi connectivity index (χ4n) is 3.81. The number of likely N-dealkylation sites (tertiary alicyclic amines) is 1. The molecule has 2 aliphatic rings. The van der Waals surface area contributed by atoms with Crippen LogP contribution in [-0.2, 0) is 14.3 Å². The third kappa shape index (κ3) is 6.18. The van der Waals surface area contributed by atoms with E-state index < -0.39 is 23.7 Å². The topological polar surface area (TPSA) is 95.9 Å². The van der Waals surface area contributed by atoms with Crippen LogP contribution in [0.1, 0.15) is 65.7 Å². The second-order valence-electron chi connectivity index (χ2n) is 8.52. The number of carbonyl (C=O) groups is 3. The predicted molar refractivity (Wildman–Crippen MR) is 96.7 cm³/mol. The molecule has 2 amide bonds. The summed E-state index contributed by atoms with van der Waals surface area (Å²) in [7, 11) is 0. The summed E-state index contributed by atoms with van der Waals surface area (Å²) >= 11 is 0. The van der Waals surface area contributed by atoms with Gasteiger partial charge in [0.1, 0.15) is 11.6 Å². The summed E-state index contributed by atoms with van der Waals surface area (Å²) < 4.78 is 5.32. The van der Waals surface area contributed by atoms with Crippen molar-refractivity contribution >= 4 is 18.0 Å². The molecular formula is C19H32N2O5. The number of ether oxygens (including phenoxy) is 1. The lowest BCUT2D eigenvalue weighted by Gasteiger charge is -2.31. The molecule has 7 heteroatoms. The average molecular weight is 368 g/mol. The number of carbonyl (C=O) groups excluding carboxylic acids is 2. The average Bonchev–Trinajstić information content (AvgIpc) is 3.06. The molecule has 1 saturated carbocycles. The van der Waals surface area contributed by atoms with Gasteiger partial charge in [0.2, 0.25) is 5.91 Å². The van der Waals surface area contributed by atoms with Gasteiger partial charge in [-0.2, -0.15) is 0 Å². The monoisotopic (exact) mass is 368 g/mol. The van der Waals surface area contributed by atoms with Crippen LogP contribution in [0.5, 0.6) is 0 Å². The molecule has 0 radical (unpaired) electrons. The van der Waals surface area contributed by atoms with Crippen molar-refractivity contribution in [2.75, 3.05) is 13.1 Å². The van der Waals surface area contributed by atoms with Crippen LogP contribution in [0.4, 0.5) is 4.79 Å². The minimum Gasteiger partial charge on any atom is -0.481 e. The van der Waals surface area contributed by atoms with Crippen molar-refractivity contribution in [2.45, 2.75) is 77.4 Å². The number of carboxylic acids is 1. The molecule has 148 valence electrons. The molecule has 1 aliphatic carbocycles. The van der Waals surface area contributed by atoms with Crippen molar-refractivity contribution in [2.24, 2.45) is 11.8 Å². The lowest BCUT2D eigenvalue weighted by molar-refractivity contribution is -0.143. The highest BCUT2D eigenvalue weighted by Gasteiger charge is 2.33. The molecule has 1 saturated heterocycles. The van der Waals surface area contributed by atoms with Gasteiger partial charge in [-0.1, -0.05) is 0 Å². The van der Waals surface area contributed by atoms with Gasteiger partial charge in [-0.3, -0.25) is 9.59 Å². The van der Waals surface area contributed by atoms with E-state index in [0.29, 0.717) is 19.3 Å². The number of nitrogens with zero attached hydrogens (tertiary/aromatic N) is 1. The highest BCUT2D eigenvalue weighted by Crippen LogP contribution is 2.32. The maximum Gasteiger partial charge on any atom is 0.408 e. The third-order valence-electron chi connectivity index (χ3n) is 5.17. The quantitative estimate of drug-likeness (QED) is 0.778. The molecule has 0 aromatic heterocycles. The number of alkyl carbamates (subject to hydrolysis) is 1. The van der Waals surface area contributed by atoms with Crippen molar-refractivity contribution in [3.63, 3.8) is 0 Å². The SMILES string of the molecule is CC(C)(C)OC(=O)N[C@@H](CC1CCC(C(=O)O)CC1)C(=O)N1CCCC1. The van der Waals surface area contributed by atoms with Gasteiger partial charge >= 0.3 is 12.1 Å². The molecule has 1 atom stereocenters. The summed E-state index contributed by atoms with van der Waals surface area (Å²) in [6, 6.07) is -0.602. The summed E-state index contributed by atoms with van der Waals surface area (Å²) in [5, 5.41) is 11.9. The molecule has 1 heterocycles. The lowest BCUT2D eigenvalue weighted by atomic mass is 9.79. The lowest BCUT2D eigenvalue weighted by Crippen LogP contribution is -2.50. The van der Waals surface area contributed by atoms with Gasteiger partial charge in [0.25, 0.3) is 0 Å². The van der Waals surface area contributed by atoms with Gasteiger partial charge in [0.05, 0.1) is 5.92 Å². The summed E-state index contributed by atoms with van der Waals surface area (Å²) in [6.07, 6.45) is 4.78. The molecule has 7 nitrogen and oxygen atoms in total. The van der Waals surface area contributed by atoms with E-state index in [1.165, 1.54) is 0 Å². The van der Waals surface area contributed by atoms with Crippen molar-refractivity contribution in [1.82, 2.24) is 10.2 Å². The molecule has 26 heavy (non-hydrogen) atoms. The fraction of sp³-hybridized carbons (Fsp3) is 0.842. The zero-order valence-corrected chi connectivity index (χ0v) is 16.1. The summed E-state index contributed by atoms with van der Waals surface area (Å²) in [4.78, 5) is 38.0. The minimum absolute atomic E-state index is 0.0475. The number of carboxylic acid groups (broad SMARTS) is 1. The Balaban J connectivity index is 1.97. The van der Waals surface area contributed by atoms with Crippen LogP contribution in [-0.4, -0.2) is 52.7 Å². The normalized spacial score (nSPS) is 24.8. The second-order valence-corrected chi connectivity index (χ2v) is 8.52. The Bertz CT molecular complexity index is 515. The van der Waals surface area contributed by atoms with E-state index in [1.54, 1.807) is 20.8 Å². The van der Waals surface area contributed by atoms with Crippen LogP contribution in [0.2, 0.25) is 0 Å². The van der Waals surface area contributed by atoms with Gasteiger partial charge < -0.3 is 20.1 Å². The fourth-order valence-corrected chi connectivity index (χ4v) is 3.81. The molecule has 0 bridgehead atoms. The van der Waals surface area contributed by atoms with Crippen LogP contribution in [0.3, 0.4) is 0 Å². The Kier molecular flexibility index (Phi) is 6.89. The Hall–Kier alpha value is -1.79. The first-order valence-corrected chi connectivity index (χ1v) is 9.67. The molecule has 2 N–H and O–H groups in total. The highest BCUT2D eigenvalue weighted by molar-refractivity contribution is 5.86. The second kappa shape index (κ2) is 8.73. The van der Waals surface area contributed by atoms with E-state index in [0.717, 1.165) is 38.8 Å². The maximum absolute atomic E-state index is 12.9.